The van der Waals surface area contributed by atoms with Crippen molar-refractivity contribution in [3.8, 4) is 22.5 Å². The summed E-state index contributed by atoms with van der Waals surface area (Å²) in [5, 5.41) is 14.6. The quantitative estimate of drug-likeness (QED) is 0.222. The minimum Gasteiger partial charge on any atom is -0.318 e. The van der Waals surface area contributed by atoms with Crippen LogP contribution >= 0.6 is 0 Å². The Hall–Kier alpha value is -5.12. The Morgan fingerprint density at radius 2 is 1.56 bits per heavy atom. The fourth-order valence-corrected chi connectivity index (χ4v) is 5.91. The number of H-pyrrole nitrogens is 1. The fourth-order valence-electron chi connectivity index (χ4n) is 5.91. The Kier molecular flexibility index (Phi) is 8.05. The number of aryl methyl sites for hydroxylation is 1. The van der Waals surface area contributed by atoms with Gasteiger partial charge in [-0.1, -0.05) is 107 Å². The third kappa shape index (κ3) is 5.87. The Balaban J connectivity index is 1.49. The molecule has 10 heteroatoms. The molecular formula is C35H38N8O2. The summed E-state index contributed by atoms with van der Waals surface area (Å²) in [6.45, 7) is 11.3. The molecule has 3 heterocycles. The second-order valence-electron chi connectivity index (χ2n) is 12.7. The van der Waals surface area contributed by atoms with Crippen LogP contribution in [0.5, 0.6) is 0 Å². The Bertz CT molecular complexity index is 2050. The van der Waals surface area contributed by atoms with Crippen LogP contribution in [-0.2, 0) is 19.5 Å². The Labute approximate surface area is 261 Å². The lowest BCUT2D eigenvalue weighted by atomic mass is 9.92. The van der Waals surface area contributed by atoms with E-state index in [9.17, 15) is 9.59 Å². The normalized spacial score (nSPS) is 12.6. The first-order valence-electron chi connectivity index (χ1n) is 15.4. The predicted molar refractivity (Wildman–Crippen MR) is 176 cm³/mol. The van der Waals surface area contributed by atoms with Crippen molar-refractivity contribution in [1.29, 1.82) is 0 Å². The van der Waals surface area contributed by atoms with Crippen molar-refractivity contribution in [3.05, 3.63) is 117 Å². The van der Waals surface area contributed by atoms with E-state index in [1.165, 1.54) is 4.57 Å². The van der Waals surface area contributed by atoms with Gasteiger partial charge in [0.25, 0.3) is 5.56 Å². The molecule has 6 aromatic rings. The van der Waals surface area contributed by atoms with Gasteiger partial charge in [0.15, 0.2) is 11.2 Å². The first kappa shape index (κ1) is 29.9. The van der Waals surface area contributed by atoms with Crippen molar-refractivity contribution in [1.82, 2.24) is 39.3 Å². The summed E-state index contributed by atoms with van der Waals surface area (Å²) in [5.41, 5.74) is 4.97. The zero-order valence-electron chi connectivity index (χ0n) is 26.4. The number of hydrogen-bond donors (Lipinski definition) is 1. The summed E-state index contributed by atoms with van der Waals surface area (Å²) >= 11 is 0. The molecule has 0 aliphatic carbocycles. The van der Waals surface area contributed by atoms with E-state index in [2.05, 4.69) is 65.7 Å². The van der Waals surface area contributed by atoms with E-state index in [0.29, 0.717) is 36.5 Å². The Morgan fingerprint density at radius 1 is 0.867 bits per heavy atom. The molecule has 0 aliphatic heterocycles. The van der Waals surface area contributed by atoms with Crippen LogP contribution in [0.2, 0.25) is 0 Å². The summed E-state index contributed by atoms with van der Waals surface area (Å²) in [7, 11) is 0. The summed E-state index contributed by atoms with van der Waals surface area (Å²) in [6.07, 6.45) is 1.38. The molecule has 0 aliphatic rings. The lowest BCUT2D eigenvalue weighted by Gasteiger charge is -2.19. The largest absolute Gasteiger partial charge is 0.333 e. The van der Waals surface area contributed by atoms with E-state index >= 15 is 0 Å². The van der Waals surface area contributed by atoms with Gasteiger partial charge in [0.1, 0.15) is 5.82 Å². The smallest absolute Gasteiger partial charge is 0.318 e. The highest BCUT2D eigenvalue weighted by Crippen LogP contribution is 2.30. The monoisotopic (exact) mass is 602 g/mol. The average molecular weight is 603 g/mol. The maximum atomic E-state index is 14.4. The number of aromatic nitrogens is 8. The van der Waals surface area contributed by atoms with E-state index in [-0.39, 0.29) is 16.7 Å². The summed E-state index contributed by atoms with van der Waals surface area (Å²) in [6, 6.07) is 25.5. The van der Waals surface area contributed by atoms with Crippen LogP contribution in [0.1, 0.15) is 64.0 Å². The molecule has 45 heavy (non-hydrogen) atoms. The maximum absolute atomic E-state index is 14.4. The lowest BCUT2D eigenvalue weighted by molar-refractivity contribution is 0.394. The molecule has 1 N–H and O–H groups in total. The highest BCUT2D eigenvalue weighted by atomic mass is 16.2. The standard InChI is InChI=1S/C35H38N8O2/c1-6-20-41-32-30(33(44)43(34(41)45)23(2)25-12-8-7-9-13-25)42(29(36-32)21-35(3,4)5)22-24-16-18-26(19-17-24)27-14-10-11-15-28(27)31-37-39-40-38-31/h7-19,23H,6,20-22H2,1-5H3,(H,37,38,39,40). The second-order valence-corrected chi connectivity index (χ2v) is 12.7. The van der Waals surface area contributed by atoms with E-state index < -0.39 is 6.04 Å². The minimum atomic E-state index is -0.438. The molecule has 0 bridgehead atoms. The molecule has 0 saturated carbocycles. The molecular weight excluding hydrogens is 564 g/mol. The van der Waals surface area contributed by atoms with Crippen molar-refractivity contribution >= 4 is 11.2 Å². The van der Waals surface area contributed by atoms with E-state index in [0.717, 1.165) is 40.1 Å². The van der Waals surface area contributed by atoms with E-state index in [4.69, 9.17) is 4.98 Å². The van der Waals surface area contributed by atoms with Crippen molar-refractivity contribution in [3.63, 3.8) is 0 Å². The van der Waals surface area contributed by atoms with Crippen molar-refractivity contribution < 1.29 is 0 Å². The van der Waals surface area contributed by atoms with Crippen LogP contribution in [0.3, 0.4) is 0 Å². The highest BCUT2D eigenvalue weighted by molar-refractivity contribution is 5.80. The number of benzene rings is 3. The molecule has 0 radical (unpaired) electrons. The number of aromatic amines is 1. The second kappa shape index (κ2) is 12.1. The van der Waals surface area contributed by atoms with Crippen LogP contribution in [0.25, 0.3) is 33.7 Å². The van der Waals surface area contributed by atoms with Crippen molar-refractivity contribution in [2.75, 3.05) is 0 Å². The molecule has 1 unspecified atom stereocenters. The minimum absolute atomic E-state index is 0.0892. The molecule has 6 rings (SSSR count). The van der Waals surface area contributed by atoms with Gasteiger partial charge in [0, 0.05) is 25.1 Å². The van der Waals surface area contributed by atoms with Gasteiger partial charge >= 0.3 is 5.69 Å². The number of imidazole rings is 1. The summed E-state index contributed by atoms with van der Waals surface area (Å²) < 4.78 is 5.09. The number of nitrogens with zero attached hydrogens (tertiary/aromatic N) is 7. The molecule has 1 atom stereocenters. The van der Waals surface area contributed by atoms with Gasteiger partial charge in [-0.2, -0.15) is 5.21 Å². The van der Waals surface area contributed by atoms with Crippen LogP contribution < -0.4 is 11.2 Å². The number of hydrogen-bond acceptors (Lipinski definition) is 6. The zero-order chi connectivity index (χ0) is 31.7. The summed E-state index contributed by atoms with van der Waals surface area (Å²) in [5.74, 6) is 1.32. The molecule has 0 fully saturated rings. The summed E-state index contributed by atoms with van der Waals surface area (Å²) in [4.78, 5) is 33.3. The number of tetrazole rings is 1. The zero-order valence-corrected chi connectivity index (χ0v) is 26.4. The van der Waals surface area contributed by atoms with Gasteiger partial charge in [-0.25, -0.2) is 9.78 Å². The van der Waals surface area contributed by atoms with Gasteiger partial charge < -0.3 is 4.57 Å². The molecule has 0 spiro atoms. The molecule has 230 valence electrons. The molecule has 3 aromatic carbocycles. The Morgan fingerprint density at radius 3 is 2.20 bits per heavy atom. The van der Waals surface area contributed by atoms with Crippen LogP contribution in [0, 0.1) is 5.41 Å². The van der Waals surface area contributed by atoms with Gasteiger partial charge in [0.05, 0.1) is 6.04 Å². The molecule has 3 aromatic heterocycles. The predicted octanol–water partition coefficient (Wildman–Crippen LogP) is 5.86. The van der Waals surface area contributed by atoms with Crippen LogP contribution in [0.15, 0.2) is 88.5 Å². The van der Waals surface area contributed by atoms with E-state index in [1.54, 1.807) is 4.57 Å². The average Bonchev–Trinajstić information content (AvgIpc) is 3.68. The van der Waals surface area contributed by atoms with Gasteiger partial charge in [-0.15, -0.1) is 10.2 Å². The number of rotatable bonds is 9. The molecule has 10 nitrogen and oxygen atoms in total. The highest BCUT2D eigenvalue weighted by Gasteiger charge is 2.26. The van der Waals surface area contributed by atoms with Gasteiger partial charge in [-0.3, -0.25) is 13.9 Å². The van der Waals surface area contributed by atoms with Gasteiger partial charge in [0.2, 0.25) is 5.82 Å². The van der Waals surface area contributed by atoms with E-state index in [1.807, 2.05) is 73.0 Å². The third-order valence-corrected chi connectivity index (χ3v) is 8.07. The first-order valence-corrected chi connectivity index (χ1v) is 15.4. The van der Waals surface area contributed by atoms with Crippen LogP contribution in [0.4, 0.5) is 0 Å². The number of fused-ring (bicyclic) bond motifs is 1. The lowest BCUT2D eigenvalue weighted by Crippen LogP contribution is -2.42. The molecule has 0 amide bonds. The number of nitrogens with one attached hydrogen (secondary N) is 1. The molecule has 0 saturated heterocycles. The van der Waals surface area contributed by atoms with Crippen LogP contribution in [-0.4, -0.2) is 39.3 Å². The first-order chi connectivity index (χ1) is 21.7. The topological polar surface area (TPSA) is 116 Å². The fraction of sp³-hybridized carbons (Fsp3) is 0.314. The maximum Gasteiger partial charge on any atom is 0.333 e. The van der Waals surface area contributed by atoms with Crippen molar-refractivity contribution in [2.45, 2.75) is 66.6 Å². The van der Waals surface area contributed by atoms with Crippen molar-refractivity contribution in [2.24, 2.45) is 5.41 Å². The third-order valence-electron chi connectivity index (χ3n) is 8.07. The van der Waals surface area contributed by atoms with Gasteiger partial charge in [-0.05, 0) is 46.2 Å². The SMILES string of the molecule is CCCn1c(=O)n(C(C)c2ccccc2)c(=O)c2c1nc(CC(C)(C)C)n2Cc1ccc(-c2ccccc2-c2nn[nH]n2)cc1.